The maximum atomic E-state index is 6.33. The van der Waals surface area contributed by atoms with E-state index in [9.17, 15) is 0 Å². The molecule has 0 saturated carbocycles. The predicted octanol–water partition coefficient (Wildman–Crippen LogP) is 4.93. The molecule has 1 aromatic carbocycles. The highest BCUT2D eigenvalue weighted by atomic mass is 35.5. The Morgan fingerprint density at radius 2 is 2.09 bits per heavy atom. The van der Waals surface area contributed by atoms with Crippen LogP contribution < -0.4 is 5.32 Å². The van der Waals surface area contributed by atoms with E-state index in [4.69, 9.17) is 16.0 Å². The first-order valence-corrected chi connectivity index (χ1v) is 7.82. The molecular formula is C18H20Cl2N2O. The second kappa shape index (κ2) is 7.82. The molecule has 0 radical (unpaired) electrons. The third-order valence-corrected chi connectivity index (χ3v) is 4.13. The molecule has 2 aromatic heterocycles. The third kappa shape index (κ3) is 4.25. The van der Waals surface area contributed by atoms with Crippen molar-refractivity contribution in [2.45, 2.75) is 32.9 Å². The molecule has 3 aromatic rings. The number of nitrogens with one attached hydrogen (secondary N) is 1. The van der Waals surface area contributed by atoms with E-state index in [0.717, 1.165) is 34.2 Å². The molecule has 3 nitrogen and oxygen atoms in total. The average Bonchev–Trinajstić information content (AvgIpc) is 2.99. The molecule has 23 heavy (non-hydrogen) atoms. The van der Waals surface area contributed by atoms with Gasteiger partial charge >= 0.3 is 0 Å². The lowest BCUT2D eigenvalue weighted by Crippen LogP contribution is -2.27. The molecule has 0 saturated heterocycles. The van der Waals surface area contributed by atoms with Crippen molar-refractivity contribution in [3.05, 3.63) is 64.7 Å². The van der Waals surface area contributed by atoms with Crippen molar-refractivity contribution in [2.75, 3.05) is 0 Å². The van der Waals surface area contributed by atoms with E-state index < -0.39 is 0 Å². The largest absolute Gasteiger partial charge is 0.469 e. The minimum absolute atomic E-state index is 0. The van der Waals surface area contributed by atoms with Crippen LogP contribution in [0.15, 0.2) is 47.1 Å². The van der Waals surface area contributed by atoms with Crippen LogP contribution in [0.2, 0.25) is 5.15 Å². The summed E-state index contributed by atoms with van der Waals surface area (Å²) in [7, 11) is 0. The van der Waals surface area contributed by atoms with E-state index in [-0.39, 0.29) is 12.4 Å². The van der Waals surface area contributed by atoms with Gasteiger partial charge in [0.2, 0.25) is 0 Å². The quantitative estimate of drug-likeness (QED) is 0.662. The van der Waals surface area contributed by atoms with E-state index in [0.29, 0.717) is 17.7 Å². The van der Waals surface area contributed by atoms with Gasteiger partial charge in [-0.2, -0.15) is 0 Å². The van der Waals surface area contributed by atoms with Crippen molar-refractivity contribution >= 4 is 34.9 Å². The first-order chi connectivity index (χ1) is 10.6. The normalized spacial score (nSPS) is 12.1. The van der Waals surface area contributed by atoms with Crippen molar-refractivity contribution in [3.8, 4) is 0 Å². The summed E-state index contributed by atoms with van der Waals surface area (Å²) in [6, 6.07) is 12.5. The van der Waals surface area contributed by atoms with E-state index in [1.807, 2.05) is 18.2 Å². The Morgan fingerprint density at radius 3 is 2.83 bits per heavy atom. The molecule has 0 aliphatic carbocycles. The maximum absolute atomic E-state index is 6.33. The Bertz CT molecular complexity index is 772. The number of aromatic nitrogens is 1. The fraction of sp³-hybridized carbons (Fsp3) is 0.278. The fourth-order valence-electron chi connectivity index (χ4n) is 2.58. The highest BCUT2D eigenvalue weighted by Crippen LogP contribution is 2.23. The van der Waals surface area contributed by atoms with E-state index in [1.165, 1.54) is 0 Å². The van der Waals surface area contributed by atoms with E-state index in [2.05, 4.69) is 42.3 Å². The summed E-state index contributed by atoms with van der Waals surface area (Å²) in [5.74, 6) is 0.985. The van der Waals surface area contributed by atoms with Gasteiger partial charge in [-0.05, 0) is 37.6 Å². The minimum atomic E-state index is 0. The summed E-state index contributed by atoms with van der Waals surface area (Å²) in [4.78, 5) is 4.54. The van der Waals surface area contributed by atoms with Gasteiger partial charge in [0.05, 0.1) is 11.8 Å². The number of para-hydroxylation sites is 1. The number of benzene rings is 1. The Labute approximate surface area is 147 Å². The third-order valence-electron chi connectivity index (χ3n) is 3.80. The van der Waals surface area contributed by atoms with Gasteiger partial charge < -0.3 is 9.73 Å². The smallest absolute Gasteiger partial charge is 0.134 e. The zero-order chi connectivity index (χ0) is 15.5. The Morgan fingerprint density at radius 1 is 1.26 bits per heavy atom. The molecule has 122 valence electrons. The number of hydrogen-bond acceptors (Lipinski definition) is 3. The highest BCUT2D eigenvalue weighted by Gasteiger charge is 2.09. The van der Waals surface area contributed by atoms with Crippen LogP contribution in [0.1, 0.15) is 23.8 Å². The number of aryl methyl sites for hydroxylation is 1. The van der Waals surface area contributed by atoms with Crippen molar-refractivity contribution in [2.24, 2.45) is 0 Å². The molecule has 2 heterocycles. The fourth-order valence-corrected chi connectivity index (χ4v) is 2.78. The number of halogens is 2. The Hall–Kier alpha value is -1.55. The molecule has 5 heteroatoms. The lowest BCUT2D eigenvalue weighted by atomic mass is 10.1. The van der Waals surface area contributed by atoms with Gasteiger partial charge in [0.25, 0.3) is 0 Å². The van der Waals surface area contributed by atoms with Gasteiger partial charge in [0, 0.05) is 30.0 Å². The average molecular weight is 351 g/mol. The van der Waals surface area contributed by atoms with Crippen LogP contribution in [0.5, 0.6) is 0 Å². The number of nitrogens with zero attached hydrogens (tertiary/aromatic N) is 1. The second-order valence-electron chi connectivity index (χ2n) is 5.65. The predicted molar refractivity (Wildman–Crippen MR) is 97.5 cm³/mol. The number of hydrogen-bond donors (Lipinski definition) is 1. The molecule has 0 amide bonds. The number of rotatable bonds is 5. The molecule has 1 atom stereocenters. The second-order valence-corrected chi connectivity index (χ2v) is 6.01. The Balaban J connectivity index is 0.00000192. The topological polar surface area (TPSA) is 38.1 Å². The SMILES string of the molecule is Cc1cccc2cc(CNC(C)Cc3ccco3)c(Cl)nc12.Cl. The lowest BCUT2D eigenvalue weighted by molar-refractivity contribution is 0.456. The first kappa shape index (κ1) is 17.8. The van der Waals surface area contributed by atoms with Crippen molar-refractivity contribution in [1.29, 1.82) is 0 Å². The van der Waals surface area contributed by atoms with Crippen LogP contribution in [0, 0.1) is 6.92 Å². The van der Waals surface area contributed by atoms with Gasteiger partial charge in [0.15, 0.2) is 0 Å². The molecule has 0 aliphatic rings. The monoisotopic (exact) mass is 350 g/mol. The molecule has 0 spiro atoms. The van der Waals surface area contributed by atoms with E-state index in [1.54, 1.807) is 6.26 Å². The summed E-state index contributed by atoms with van der Waals surface area (Å²) in [5.41, 5.74) is 3.14. The zero-order valence-electron chi connectivity index (χ0n) is 13.2. The van der Waals surface area contributed by atoms with Crippen LogP contribution in [-0.2, 0) is 13.0 Å². The highest BCUT2D eigenvalue weighted by molar-refractivity contribution is 6.30. The van der Waals surface area contributed by atoms with Crippen LogP contribution >= 0.6 is 24.0 Å². The van der Waals surface area contributed by atoms with Crippen LogP contribution in [-0.4, -0.2) is 11.0 Å². The molecule has 1 unspecified atom stereocenters. The van der Waals surface area contributed by atoms with Gasteiger partial charge in [-0.15, -0.1) is 12.4 Å². The van der Waals surface area contributed by atoms with Gasteiger partial charge in [0.1, 0.15) is 10.9 Å². The van der Waals surface area contributed by atoms with Crippen molar-refractivity contribution < 1.29 is 4.42 Å². The Kier molecular flexibility index (Phi) is 6.05. The first-order valence-electron chi connectivity index (χ1n) is 7.44. The number of furan rings is 1. The summed E-state index contributed by atoms with van der Waals surface area (Å²) in [6.45, 7) is 4.88. The van der Waals surface area contributed by atoms with E-state index >= 15 is 0 Å². The molecule has 0 aliphatic heterocycles. The summed E-state index contributed by atoms with van der Waals surface area (Å²) >= 11 is 6.33. The van der Waals surface area contributed by atoms with Crippen LogP contribution in [0.25, 0.3) is 10.9 Å². The summed E-state index contributed by atoms with van der Waals surface area (Å²) in [5, 5.41) is 5.17. The summed E-state index contributed by atoms with van der Waals surface area (Å²) < 4.78 is 5.37. The minimum Gasteiger partial charge on any atom is -0.469 e. The van der Waals surface area contributed by atoms with Crippen molar-refractivity contribution in [3.63, 3.8) is 0 Å². The molecule has 0 bridgehead atoms. The standard InChI is InChI=1S/C18H19ClN2O.ClH/c1-12-5-3-6-14-10-15(18(19)21-17(12)14)11-20-13(2)9-16-7-4-8-22-16;/h3-8,10,13,20H,9,11H2,1-2H3;1H. The van der Waals surface area contributed by atoms with Crippen LogP contribution in [0.4, 0.5) is 0 Å². The molecule has 3 rings (SSSR count). The van der Waals surface area contributed by atoms with Crippen molar-refractivity contribution in [1.82, 2.24) is 10.3 Å². The number of fused-ring (bicyclic) bond motifs is 1. The zero-order valence-corrected chi connectivity index (χ0v) is 14.7. The van der Waals surface area contributed by atoms with Gasteiger partial charge in [-0.25, -0.2) is 4.98 Å². The van der Waals surface area contributed by atoms with Gasteiger partial charge in [-0.3, -0.25) is 0 Å². The summed E-state index contributed by atoms with van der Waals surface area (Å²) in [6.07, 6.45) is 2.55. The maximum Gasteiger partial charge on any atom is 0.134 e. The molecular weight excluding hydrogens is 331 g/mol. The lowest BCUT2D eigenvalue weighted by Gasteiger charge is -2.14. The number of pyridine rings is 1. The molecule has 1 N–H and O–H groups in total. The van der Waals surface area contributed by atoms with Crippen LogP contribution in [0.3, 0.4) is 0 Å². The van der Waals surface area contributed by atoms with Gasteiger partial charge in [-0.1, -0.05) is 29.8 Å². The molecule has 0 fully saturated rings.